The number of nitrogens with one attached hydrogen (secondary N) is 1. The molecule has 30 heavy (non-hydrogen) atoms. The van der Waals surface area contributed by atoms with Gasteiger partial charge < -0.3 is 10.1 Å². The number of anilines is 1. The summed E-state index contributed by atoms with van der Waals surface area (Å²) in [6.45, 7) is 4.30. The van der Waals surface area contributed by atoms with Gasteiger partial charge in [-0.05, 0) is 42.7 Å². The van der Waals surface area contributed by atoms with E-state index in [0.717, 1.165) is 11.0 Å². The van der Waals surface area contributed by atoms with Crippen LogP contribution in [0.3, 0.4) is 0 Å². The second-order valence-electron chi connectivity index (χ2n) is 7.33. The summed E-state index contributed by atoms with van der Waals surface area (Å²) >= 11 is 0. The second-order valence-corrected chi connectivity index (χ2v) is 7.33. The molecule has 8 heteroatoms. The fraction of sp³-hybridized carbons (Fsp3) is 0.273. The van der Waals surface area contributed by atoms with Gasteiger partial charge in [-0.3, -0.25) is 19.3 Å². The molecule has 0 spiro atoms. The normalized spacial score (nSPS) is 14.0. The Morgan fingerprint density at radius 1 is 1.07 bits per heavy atom. The molecule has 1 heterocycles. The van der Waals surface area contributed by atoms with Crippen LogP contribution in [0.1, 0.15) is 40.1 Å². The highest BCUT2D eigenvalue weighted by Crippen LogP contribution is 2.27. The number of benzene rings is 2. The lowest BCUT2D eigenvalue weighted by Gasteiger charge is -2.27. The number of halogens is 1. The van der Waals surface area contributed by atoms with Gasteiger partial charge in [-0.15, -0.1) is 0 Å². The predicted molar refractivity (Wildman–Crippen MR) is 106 cm³/mol. The maximum absolute atomic E-state index is 13.6. The van der Waals surface area contributed by atoms with Gasteiger partial charge in [0.15, 0.2) is 6.61 Å². The van der Waals surface area contributed by atoms with Crippen molar-refractivity contribution in [3.63, 3.8) is 0 Å². The fourth-order valence-corrected chi connectivity index (χ4v) is 3.23. The van der Waals surface area contributed by atoms with Crippen molar-refractivity contribution in [3.05, 3.63) is 65.0 Å². The molecule has 0 saturated carbocycles. The Balaban J connectivity index is 1.68. The molecule has 0 aromatic heterocycles. The molecule has 0 unspecified atom stereocenters. The van der Waals surface area contributed by atoms with Crippen molar-refractivity contribution >= 4 is 29.4 Å². The number of aryl methyl sites for hydroxylation is 1. The first kappa shape index (κ1) is 21.2. The van der Waals surface area contributed by atoms with Gasteiger partial charge in [-0.1, -0.05) is 32.0 Å². The quantitative estimate of drug-likeness (QED) is 0.582. The zero-order valence-electron chi connectivity index (χ0n) is 16.8. The summed E-state index contributed by atoms with van der Waals surface area (Å²) in [5.41, 5.74) is 1.10. The van der Waals surface area contributed by atoms with Crippen molar-refractivity contribution in [2.75, 3.05) is 11.9 Å². The van der Waals surface area contributed by atoms with Crippen LogP contribution in [0.4, 0.5) is 10.1 Å². The maximum atomic E-state index is 13.6. The van der Waals surface area contributed by atoms with Crippen molar-refractivity contribution in [2.24, 2.45) is 5.92 Å². The van der Waals surface area contributed by atoms with E-state index in [-0.39, 0.29) is 16.8 Å². The average molecular weight is 412 g/mol. The molecule has 2 aromatic rings. The summed E-state index contributed by atoms with van der Waals surface area (Å²) in [4.78, 5) is 51.0. The summed E-state index contributed by atoms with van der Waals surface area (Å²) in [5.74, 6) is -3.61. The molecule has 156 valence electrons. The van der Waals surface area contributed by atoms with Crippen molar-refractivity contribution in [1.82, 2.24) is 4.90 Å². The van der Waals surface area contributed by atoms with Crippen molar-refractivity contribution in [1.29, 1.82) is 0 Å². The number of hydrogen-bond acceptors (Lipinski definition) is 5. The molecule has 3 rings (SSSR count). The molecule has 1 aliphatic rings. The minimum absolute atomic E-state index is 0.222. The highest BCUT2D eigenvalue weighted by Gasteiger charge is 2.44. The number of carbonyl (C=O) groups is 4. The largest absolute Gasteiger partial charge is 0.454 e. The van der Waals surface area contributed by atoms with E-state index in [9.17, 15) is 23.6 Å². The molecular formula is C22H21FN2O5. The molecule has 0 aliphatic carbocycles. The monoisotopic (exact) mass is 412 g/mol. The average Bonchev–Trinajstić information content (AvgIpc) is 2.95. The Morgan fingerprint density at radius 2 is 1.67 bits per heavy atom. The number of rotatable bonds is 6. The van der Waals surface area contributed by atoms with Crippen LogP contribution in [0.2, 0.25) is 0 Å². The third kappa shape index (κ3) is 4.07. The first-order valence-corrected chi connectivity index (χ1v) is 9.40. The van der Waals surface area contributed by atoms with E-state index in [2.05, 4.69) is 5.32 Å². The van der Waals surface area contributed by atoms with E-state index in [1.54, 1.807) is 32.9 Å². The number of fused-ring (bicyclic) bond motifs is 1. The Kier molecular flexibility index (Phi) is 5.96. The molecule has 2 aromatic carbocycles. The van der Waals surface area contributed by atoms with Crippen LogP contribution in [-0.4, -0.2) is 41.2 Å². The van der Waals surface area contributed by atoms with Crippen molar-refractivity contribution in [2.45, 2.75) is 26.8 Å². The highest BCUT2D eigenvalue weighted by atomic mass is 19.1. The van der Waals surface area contributed by atoms with Crippen LogP contribution >= 0.6 is 0 Å². The topological polar surface area (TPSA) is 92.8 Å². The molecule has 0 bridgehead atoms. The third-order valence-electron chi connectivity index (χ3n) is 4.78. The number of nitrogens with zero attached hydrogens (tertiary/aromatic N) is 1. The number of esters is 1. The van der Waals surface area contributed by atoms with E-state index in [1.807, 2.05) is 0 Å². The van der Waals surface area contributed by atoms with E-state index >= 15 is 0 Å². The molecule has 0 radical (unpaired) electrons. The minimum atomic E-state index is -1.18. The SMILES string of the molecule is Cc1ccc(NC(=O)COC(=O)[C@H](C(C)C)N2C(=O)c3ccccc3C2=O)cc1F. The minimum Gasteiger partial charge on any atom is -0.454 e. The molecule has 1 aliphatic heterocycles. The van der Waals surface area contributed by atoms with Crippen molar-refractivity contribution in [3.8, 4) is 0 Å². The summed E-state index contributed by atoms with van der Waals surface area (Å²) < 4.78 is 18.7. The van der Waals surface area contributed by atoms with Gasteiger partial charge in [0, 0.05) is 5.69 Å². The Morgan fingerprint density at radius 3 is 2.20 bits per heavy atom. The van der Waals surface area contributed by atoms with Crippen LogP contribution in [0.5, 0.6) is 0 Å². The first-order chi connectivity index (χ1) is 14.2. The molecular weight excluding hydrogens is 391 g/mol. The van der Waals surface area contributed by atoms with Gasteiger partial charge in [-0.2, -0.15) is 0 Å². The lowest BCUT2D eigenvalue weighted by Crippen LogP contribution is -2.49. The molecule has 3 amide bonds. The van der Waals surface area contributed by atoms with E-state index in [1.165, 1.54) is 24.3 Å². The third-order valence-corrected chi connectivity index (χ3v) is 4.78. The van der Waals surface area contributed by atoms with Gasteiger partial charge in [0.25, 0.3) is 17.7 Å². The van der Waals surface area contributed by atoms with Gasteiger partial charge in [0.05, 0.1) is 11.1 Å². The number of carbonyl (C=O) groups excluding carboxylic acids is 4. The van der Waals surface area contributed by atoms with Crippen LogP contribution in [0.15, 0.2) is 42.5 Å². The summed E-state index contributed by atoms with van der Waals surface area (Å²) in [7, 11) is 0. The molecule has 1 atom stereocenters. The van der Waals surface area contributed by atoms with Crippen LogP contribution < -0.4 is 5.32 Å². The van der Waals surface area contributed by atoms with Gasteiger partial charge in [0.1, 0.15) is 11.9 Å². The maximum Gasteiger partial charge on any atom is 0.330 e. The zero-order valence-corrected chi connectivity index (χ0v) is 16.8. The van der Waals surface area contributed by atoms with Gasteiger partial charge in [0.2, 0.25) is 0 Å². The lowest BCUT2D eigenvalue weighted by atomic mass is 10.0. The van der Waals surface area contributed by atoms with Crippen molar-refractivity contribution < 1.29 is 28.3 Å². The van der Waals surface area contributed by atoms with E-state index in [0.29, 0.717) is 5.56 Å². The number of hydrogen-bond donors (Lipinski definition) is 1. The summed E-state index contributed by atoms with van der Waals surface area (Å²) in [5, 5.41) is 2.43. The van der Waals surface area contributed by atoms with E-state index < -0.39 is 48.1 Å². The zero-order chi connectivity index (χ0) is 22.0. The summed E-state index contributed by atoms with van der Waals surface area (Å²) in [6.07, 6.45) is 0. The second kappa shape index (κ2) is 8.44. The van der Waals surface area contributed by atoms with Gasteiger partial charge >= 0.3 is 5.97 Å². The Bertz CT molecular complexity index is 999. The standard InChI is InChI=1S/C22H21FN2O5/c1-12(2)19(25-20(27)15-6-4-5-7-16(15)21(25)28)22(29)30-11-18(26)24-14-9-8-13(3)17(23)10-14/h4-10,12,19H,11H2,1-3H3,(H,24,26)/t19-/m0/s1. The molecule has 0 saturated heterocycles. The van der Waals surface area contributed by atoms with Crippen LogP contribution in [0, 0.1) is 18.7 Å². The van der Waals surface area contributed by atoms with Crippen LogP contribution in [0.25, 0.3) is 0 Å². The van der Waals surface area contributed by atoms with Gasteiger partial charge in [-0.25, -0.2) is 9.18 Å². The number of ether oxygens (including phenoxy) is 1. The van der Waals surface area contributed by atoms with Crippen LogP contribution in [-0.2, 0) is 14.3 Å². The highest BCUT2D eigenvalue weighted by molar-refractivity contribution is 6.22. The number of imide groups is 1. The molecule has 1 N–H and O–H groups in total. The summed E-state index contributed by atoms with van der Waals surface area (Å²) in [6, 6.07) is 9.32. The smallest absolute Gasteiger partial charge is 0.330 e. The lowest BCUT2D eigenvalue weighted by molar-refractivity contribution is -0.152. The predicted octanol–water partition coefficient (Wildman–Crippen LogP) is 2.94. The number of amides is 3. The van der Waals surface area contributed by atoms with E-state index in [4.69, 9.17) is 4.74 Å². The first-order valence-electron chi connectivity index (χ1n) is 9.40. The molecule has 0 fully saturated rings. The Labute approximate surface area is 172 Å². The fourth-order valence-electron chi connectivity index (χ4n) is 3.23. The molecule has 7 nitrogen and oxygen atoms in total. The Hall–Kier alpha value is -3.55.